The first-order chi connectivity index (χ1) is 17.5. The lowest BCUT2D eigenvalue weighted by Crippen LogP contribution is -2.27. The summed E-state index contributed by atoms with van der Waals surface area (Å²) in [6.45, 7) is 5.42. The maximum atomic E-state index is 10.6. The maximum absolute atomic E-state index is 10.6. The van der Waals surface area contributed by atoms with Crippen LogP contribution in [-0.2, 0) is 4.79 Å². The number of hydrogen-bond acceptors (Lipinski definition) is 10. The second-order valence-electron chi connectivity index (χ2n) is 7.33. The van der Waals surface area contributed by atoms with Crippen molar-refractivity contribution in [3.63, 3.8) is 0 Å². The molecule has 0 unspecified atom stereocenters. The average molecular weight is 498 g/mol. The molecule has 1 aromatic heterocycles. The van der Waals surface area contributed by atoms with Gasteiger partial charge in [0.05, 0.1) is 30.8 Å². The molecule has 0 aliphatic heterocycles. The number of hydrogen-bond donors (Lipinski definition) is 5. The molecule has 0 amide bonds. The number of nitrogens with one attached hydrogen (secondary N) is 1. The van der Waals surface area contributed by atoms with Crippen LogP contribution in [0.3, 0.4) is 0 Å². The van der Waals surface area contributed by atoms with Gasteiger partial charge in [0.2, 0.25) is 5.95 Å². The summed E-state index contributed by atoms with van der Waals surface area (Å²) in [6.07, 6.45) is 2.73. The van der Waals surface area contributed by atoms with Gasteiger partial charge in [-0.15, -0.1) is 0 Å². The molecule has 1 heterocycles. The second-order valence-corrected chi connectivity index (χ2v) is 7.33. The predicted octanol–water partition coefficient (Wildman–Crippen LogP) is 3.81. The summed E-state index contributed by atoms with van der Waals surface area (Å²) < 4.78 is 11.2. The third-order valence-corrected chi connectivity index (χ3v) is 4.65. The lowest BCUT2D eigenvalue weighted by Gasteiger charge is -2.20. The van der Waals surface area contributed by atoms with E-state index in [0.717, 1.165) is 12.1 Å². The number of aromatic nitrogens is 2. The molecule has 0 aliphatic rings. The molecule has 194 valence electrons. The number of nitrogen functional groups attached to an aromatic ring is 1. The first-order valence-electron chi connectivity index (χ1n) is 11.8. The Hall–Kier alpha value is -4.09. The van der Waals surface area contributed by atoms with Crippen LogP contribution in [0.25, 0.3) is 0 Å². The minimum absolute atomic E-state index is 0.0591. The van der Waals surface area contributed by atoms with E-state index in [4.69, 9.17) is 31.9 Å². The summed E-state index contributed by atoms with van der Waals surface area (Å²) in [7, 11) is 0. The Morgan fingerprint density at radius 1 is 1.06 bits per heavy atom. The van der Waals surface area contributed by atoms with Gasteiger partial charge in [-0.1, -0.05) is 19.9 Å². The van der Waals surface area contributed by atoms with Gasteiger partial charge in [0, 0.05) is 18.2 Å². The number of carboxylic acids is 1. The first-order valence-corrected chi connectivity index (χ1v) is 11.8. The maximum Gasteiger partial charge on any atom is 0.303 e. The fourth-order valence-corrected chi connectivity index (χ4v) is 2.94. The van der Waals surface area contributed by atoms with Crippen LogP contribution in [0.4, 0.5) is 28.8 Å². The molecule has 36 heavy (non-hydrogen) atoms. The van der Waals surface area contributed by atoms with Crippen LogP contribution in [0.5, 0.6) is 11.5 Å². The van der Waals surface area contributed by atoms with Gasteiger partial charge < -0.3 is 31.4 Å². The van der Waals surface area contributed by atoms with Crippen molar-refractivity contribution in [2.75, 3.05) is 35.8 Å². The average Bonchev–Trinajstić information content (AvgIpc) is 2.89. The number of ether oxygens (including phenoxy) is 2. The molecule has 0 aliphatic carbocycles. The summed E-state index contributed by atoms with van der Waals surface area (Å²) >= 11 is 0. The zero-order valence-electron chi connectivity index (χ0n) is 20.7. The van der Waals surface area contributed by atoms with Gasteiger partial charge in [0.25, 0.3) is 0 Å². The highest BCUT2D eigenvalue weighted by Gasteiger charge is 2.13. The van der Waals surface area contributed by atoms with E-state index in [9.17, 15) is 4.79 Å². The molecule has 0 saturated carbocycles. The monoisotopic (exact) mass is 497 g/mol. The zero-order valence-corrected chi connectivity index (χ0v) is 20.7. The smallest absolute Gasteiger partial charge is 0.303 e. The molecule has 0 atom stereocenters. The molecular weight excluding hydrogens is 462 g/mol. The van der Waals surface area contributed by atoms with E-state index < -0.39 is 5.97 Å². The molecule has 11 nitrogen and oxygen atoms in total. The number of rotatable bonds is 13. The van der Waals surface area contributed by atoms with Crippen LogP contribution in [0.15, 0.2) is 54.7 Å². The Kier molecular flexibility index (Phi) is 11.7. The standard InChI is InChI=1S/C23H29N7O4.C2H6/c24-11-3-13-34-19-5-1-4-16(14-19)28-23-27-15-20(25)22(29-23)30(26)17-7-9-18(10-8-17)33-12-2-6-21(31)32;1-2/h1,4-5,7-10,14-15H,2-3,6,11-13,24-26H2,(H,31,32)(H,27,28,29);1-2H3. The van der Waals surface area contributed by atoms with Crippen LogP contribution in [0, 0.1) is 0 Å². The Balaban J connectivity index is 0.00000222. The number of aliphatic carboxylic acids is 1. The first kappa shape index (κ1) is 28.1. The van der Waals surface area contributed by atoms with E-state index in [-0.39, 0.29) is 6.42 Å². The fourth-order valence-electron chi connectivity index (χ4n) is 2.94. The molecule has 3 rings (SSSR count). The van der Waals surface area contributed by atoms with E-state index in [1.807, 2.05) is 38.1 Å². The fraction of sp³-hybridized carbons (Fsp3) is 0.320. The van der Waals surface area contributed by atoms with Crippen LogP contribution >= 0.6 is 0 Å². The Morgan fingerprint density at radius 3 is 2.44 bits per heavy atom. The van der Waals surface area contributed by atoms with Crippen molar-refractivity contribution in [2.24, 2.45) is 11.6 Å². The van der Waals surface area contributed by atoms with Crippen molar-refractivity contribution in [2.45, 2.75) is 33.1 Å². The molecule has 3 aromatic rings. The number of carboxylic acid groups (broad SMARTS) is 1. The number of nitrogens with zero attached hydrogens (tertiary/aromatic N) is 3. The Bertz CT molecular complexity index is 1080. The summed E-state index contributed by atoms with van der Waals surface area (Å²) in [5.74, 6) is 7.38. The van der Waals surface area contributed by atoms with Crippen molar-refractivity contribution in [3.8, 4) is 11.5 Å². The largest absolute Gasteiger partial charge is 0.494 e. The molecule has 8 N–H and O–H groups in total. The lowest BCUT2D eigenvalue weighted by atomic mass is 10.3. The highest BCUT2D eigenvalue weighted by molar-refractivity contribution is 5.71. The van der Waals surface area contributed by atoms with E-state index >= 15 is 0 Å². The second kappa shape index (κ2) is 15.0. The van der Waals surface area contributed by atoms with E-state index in [1.54, 1.807) is 24.3 Å². The zero-order chi connectivity index (χ0) is 26.3. The lowest BCUT2D eigenvalue weighted by molar-refractivity contribution is -0.137. The molecule has 11 heteroatoms. The topological polar surface area (TPSA) is 175 Å². The number of hydrazine groups is 1. The third-order valence-electron chi connectivity index (χ3n) is 4.65. The molecular formula is C25H35N7O4. The van der Waals surface area contributed by atoms with Gasteiger partial charge in [-0.25, -0.2) is 10.8 Å². The molecule has 2 aromatic carbocycles. The summed E-state index contributed by atoms with van der Waals surface area (Å²) in [4.78, 5) is 19.3. The van der Waals surface area contributed by atoms with Crippen molar-refractivity contribution < 1.29 is 19.4 Å². The number of carbonyl (C=O) groups is 1. The van der Waals surface area contributed by atoms with Gasteiger partial charge in [0.15, 0.2) is 5.82 Å². The molecule has 0 saturated heterocycles. The number of anilines is 5. The van der Waals surface area contributed by atoms with E-state index in [1.165, 1.54) is 11.2 Å². The Morgan fingerprint density at radius 2 is 1.75 bits per heavy atom. The highest BCUT2D eigenvalue weighted by atomic mass is 16.5. The van der Waals surface area contributed by atoms with Crippen molar-refractivity contribution in [1.82, 2.24) is 9.97 Å². The van der Waals surface area contributed by atoms with Crippen LogP contribution < -0.4 is 37.1 Å². The normalized spacial score (nSPS) is 10.1. The van der Waals surface area contributed by atoms with Crippen molar-refractivity contribution >= 4 is 34.8 Å². The van der Waals surface area contributed by atoms with Crippen LogP contribution in [-0.4, -0.2) is 40.8 Å². The number of nitrogens with two attached hydrogens (primary N) is 3. The highest BCUT2D eigenvalue weighted by Crippen LogP contribution is 2.28. The van der Waals surface area contributed by atoms with Crippen LogP contribution in [0.2, 0.25) is 0 Å². The number of benzene rings is 2. The minimum atomic E-state index is -0.849. The molecule has 0 bridgehead atoms. The van der Waals surface area contributed by atoms with Crippen molar-refractivity contribution in [3.05, 3.63) is 54.7 Å². The predicted molar refractivity (Wildman–Crippen MR) is 142 cm³/mol. The summed E-state index contributed by atoms with van der Waals surface area (Å²) in [5, 5.41) is 13.2. The van der Waals surface area contributed by atoms with Gasteiger partial charge in [0.1, 0.15) is 11.5 Å². The quantitative estimate of drug-likeness (QED) is 0.132. The minimum Gasteiger partial charge on any atom is -0.494 e. The molecule has 0 spiro atoms. The Labute approximate surface area is 211 Å². The SMILES string of the molecule is CC.NCCCOc1cccc(Nc2ncc(N)c(N(N)c3ccc(OCCCC(=O)O)cc3)n2)c1. The van der Waals surface area contributed by atoms with E-state index in [0.29, 0.717) is 60.8 Å². The summed E-state index contributed by atoms with van der Waals surface area (Å²) in [5.41, 5.74) is 13.3. The molecule has 0 fully saturated rings. The van der Waals surface area contributed by atoms with E-state index in [2.05, 4.69) is 15.3 Å². The molecule has 0 radical (unpaired) electrons. The van der Waals surface area contributed by atoms with Gasteiger partial charge >= 0.3 is 5.97 Å². The third kappa shape index (κ3) is 8.93. The van der Waals surface area contributed by atoms with Gasteiger partial charge in [-0.05, 0) is 55.8 Å². The van der Waals surface area contributed by atoms with Crippen LogP contribution in [0.1, 0.15) is 33.1 Å². The van der Waals surface area contributed by atoms with Gasteiger partial charge in [-0.3, -0.25) is 9.80 Å². The van der Waals surface area contributed by atoms with Gasteiger partial charge in [-0.2, -0.15) is 4.98 Å². The summed E-state index contributed by atoms with van der Waals surface area (Å²) in [6, 6.07) is 14.4. The van der Waals surface area contributed by atoms with Crippen molar-refractivity contribution in [1.29, 1.82) is 0 Å².